The molecule has 0 spiro atoms. The second kappa shape index (κ2) is 12.2. The summed E-state index contributed by atoms with van der Waals surface area (Å²) < 4.78 is 4.96. The highest BCUT2D eigenvalue weighted by Gasteiger charge is 2.07. The first-order valence-electron chi connectivity index (χ1n) is 9.04. The molecule has 0 saturated carbocycles. The zero-order valence-electron chi connectivity index (χ0n) is 16.5. The lowest BCUT2D eigenvalue weighted by Crippen LogP contribution is -2.16. The summed E-state index contributed by atoms with van der Waals surface area (Å²) in [4.78, 5) is 19.9. The van der Waals surface area contributed by atoms with E-state index in [0.717, 1.165) is 11.8 Å². The SMILES string of the molecule is C=CC(=O)Nc1cccc(CNc2nc(N/C(C=N)=C/NCCOC)ncc2Cl)c1. The van der Waals surface area contributed by atoms with Crippen molar-refractivity contribution in [2.75, 3.05) is 36.2 Å². The number of anilines is 3. The highest BCUT2D eigenvalue weighted by molar-refractivity contribution is 6.32. The van der Waals surface area contributed by atoms with Gasteiger partial charge in [0.2, 0.25) is 11.9 Å². The molecule has 10 heteroatoms. The van der Waals surface area contributed by atoms with Gasteiger partial charge < -0.3 is 31.4 Å². The zero-order valence-corrected chi connectivity index (χ0v) is 17.3. The Bertz CT molecular complexity index is 918. The van der Waals surface area contributed by atoms with Gasteiger partial charge in [-0.25, -0.2) is 4.98 Å². The van der Waals surface area contributed by atoms with E-state index in [9.17, 15) is 4.79 Å². The lowest BCUT2D eigenvalue weighted by Gasteiger charge is -2.11. The molecule has 30 heavy (non-hydrogen) atoms. The number of halogens is 1. The first-order valence-corrected chi connectivity index (χ1v) is 9.42. The number of hydrogen-bond acceptors (Lipinski definition) is 8. The number of hydrogen-bond donors (Lipinski definition) is 5. The van der Waals surface area contributed by atoms with Crippen LogP contribution in [0.15, 0.2) is 55.0 Å². The van der Waals surface area contributed by atoms with Crippen LogP contribution in [0.5, 0.6) is 0 Å². The van der Waals surface area contributed by atoms with Gasteiger partial charge in [-0.1, -0.05) is 30.3 Å². The van der Waals surface area contributed by atoms with Gasteiger partial charge in [0.15, 0.2) is 5.82 Å². The van der Waals surface area contributed by atoms with Crippen LogP contribution < -0.4 is 21.3 Å². The molecule has 0 aliphatic rings. The Kier molecular flexibility index (Phi) is 9.29. The lowest BCUT2D eigenvalue weighted by molar-refractivity contribution is -0.111. The summed E-state index contributed by atoms with van der Waals surface area (Å²) >= 11 is 6.20. The number of ether oxygens (including phenoxy) is 1. The average Bonchev–Trinajstić information content (AvgIpc) is 2.76. The van der Waals surface area contributed by atoms with Gasteiger partial charge in [-0.2, -0.15) is 4.98 Å². The Morgan fingerprint density at radius 1 is 1.37 bits per heavy atom. The van der Waals surface area contributed by atoms with Gasteiger partial charge in [-0.3, -0.25) is 4.79 Å². The van der Waals surface area contributed by atoms with E-state index in [1.165, 1.54) is 12.3 Å². The maximum atomic E-state index is 11.4. The fourth-order valence-electron chi connectivity index (χ4n) is 2.28. The van der Waals surface area contributed by atoms with Crippen LogP contribution in [0.4, 0.5) is 17.5 Å². The Morgan fingerprint density at radius 3 is 2.93 bits per heavy atom. The molecule has 1 aromatic carbocycles. The first kappa shape index (κ1) is 22.9. The third-order valence-corrected chi connectivity index (χ3v) is 3.98. The number of nitrogens with one attached hydrogen (secondary N) is 5. The van der Waals surface area contributed by atoms with Crippen LogP contribution in [0, 0.1) is 5.41 Å². The summed E-state index contributed by atoms with van der Waals surface area (Å²) in [5.74, 6) is 0.449. The second-order valence-corrected chi connectivity index (χ2v) is 6.36. The molecule has 0 radical (unpaired) electrons. The second-order valence-electron chi connectivity index (χ2n) is 5.95. The molecule has 0 aliphatic carbocycles. The monoisotopic (exact) mass is 429 g/mol. The Balaban J connectivity index is 2.03. The van der Waals surface area contributed by atoms with E-state index >= 15 is 0 Å². The smallest absolute Gasteiger partial charge is 0.247 e. The molecule has 0 aliphatic heterocycles. The summed E-state index contributed by atoms with van der Waals surface area (Å²) in [6.45, 7) is 5.02. The van der Waals surface area contributed by atoms with Gasteiger partial charge in [0.05, 0.1) is 18.5 Å². The zero-order chi connectivity index (χ0) is 21.8. The molecule has 1 heterocycles. The van der Waals surface area contributed by atoms with Crippen LogP contribution in [0.2, 0.25) is 5.02 Å². The van der Waals surface area contributed by atoms with E-state index < -0.39 is 0 Å². The van der Waals surface area contributed by atoms with E-state index in [2.05, 4.69) is 37.8 Å². The van der Waals surface area contributed by atoms with E-state index in [1.807, 2.05) is 18.2 Å². The highest BCUT2D eigenvalue weighted by Crippen LogP contribution is 2.21. The van der Waals surface area contributed by atoms with Crippen molar-refractivity contribution in [2.45, 2.75) is 6.54 Å². The van der Waals surface area contributed by atoms with Crippen molar-refractivity contribution in [3.05, 3.63) is 65.6 Å². The standard InChI is InChI=1S/C20H24ClN7O2/c1-3-18(29)26-15-6-4-5-14(9-15)11-24-19-17(21)13-25-20(28-19)27-16(10-22)12-23-7-8-30-2/h3-6,9-10,12-13,22-23H,1,7-8,11H2,2H3,(H,26,29)(H2,24,25,27,28)/b16-12+,22-10?. The van der Waals surface area contributed by atoms with Crippen LogP contribution in [0.1, 0.15) is 5.56 Å². The maximum absolute atomic E-state index is 11.4. The normalized spacial score (nSPS) is 10.8. The number of aromatic nitrogens is 2. The predicted octanol–water partition coefficient (Wildman–Crippen LogP) is 3.01. The molecule has 0 bridgehead atoms. The molecule has 0 atom stereocenters. The number of rotatable bonds is 12. The molecule has 1 amide bonds. The van der Waals surface area contributed by atoms with Gasteiger partial charge in [0.1, 0.15) is 5.02 Å². The number of benzene rings is 1. The van der Waals surface area contributed by atoms with Crippen molar-refractivity contribution in [3.63, 3.8) is 0 Å². The number of amides is 1. The highest BCUT2D eigenvalue weighted by atomic mass is 35.5. The minimum Gasteiger partial charge on any atom is -0.387 e. The molecule has 2 rings (SSSR count). The molecule has 1 aromatic heterocycles. The Labute approximate surface area is 180 Å². The van der Waals surface area contributed by atoms with E-state index in [1.54, 1.807) is 19.4 Å². The van der Waals surface area contributed by atoms with Gasteiger partial charge >= 0.3 is 0 Å². The van der Waals surface area contributed by atoms with Crippen molar-refractivity contribution in [1.82, 2.24) is 15.3 Å². The molecule has 0 saturated heterocycles. The fourth-order valence-corrected chi connectivity index (χ4v) is 2.43. The summed E-state index contributed by atoms with van der Waals surface area (Å²) in [6.07, 6.45) is 5.47. The fraction of sp³-hybridized carbons (Fsp3) is 0.200. The molecular weight excluding hydrogens is 406 g/mol. The van der Waals surface area contributed by atoms with Crippen molar-refractivity contribution < 1.29 is 9.53 Å². The van der Waals surface area contributed by atoms with Crippen molar-refractivity contribution in [2.24, 2.45) is 0 Å². The van der Waals surface area contributed by atoms with Crippen LogP contribution in [0.3, 0.4) is 0 Å². The number of carbonyl (C=O) groups excluding carboxylic acids is 1. The average molecular weight is 430 g/mol. The Hall–Kier alpha value is -3.43. The largest absolute Gasteiger partial charge is 0.387 e. The molecule has 9 nitrogen and oxygen atoms in total. The number of nitrogens with zero attached hydrogens (tertiary/aromatic N) is 2. The van der Waals surface area contributed by atoms with Crippen LogP contribution in [0.25, 0.3) is 0 Å². The first-order chi connectivity index (χ1) is 14.5. The summed E-state index contributed by atoms with van der Waals surface area (Å²) in [5.41, 5.74) is 2.06. The molecule has 5 N–H and O–H groups in total. The van der Waals surface area contributed by atoms with Crippen molar-refractivity contribution in [3.8, 4) is 0 Å². The van der Waals surface area contributed by atoms with Gasteiger partial charge in [-0.05, 0) is 23.8 Å². The molecule has 2 aromatic rings. The van der Waals surface area contributed by atoms with Crippen molar-refractivity contribution in [1.29, 1.82) is 5.41 Å². The summed E-state index contributed by atoms with van der Waals surface area (Å²) in [5, 5.41) is 19.7. The van der Waals surface area contributed by atoms with Gasteiger partial charge in [0.25, 0.3) is 0 Å². The van der Waals surface area contributed by atoms with E-state index in [0.29, 0.717) is 41.9 Å². The number of methoxy groups -OCH3 is 1. The van der Waals surface area contributed by atoms with E-state index in [-0.39, 0.29) is 11.9 Å². The minimum absolute atomic E-state index is 0.276. The number of carbonyl (C=O) groups is 1. The van der Waals surface area contributed by atoms with Gasteiger partial charge in [0, 0.05) is 38.3 Å². The van der Waals surface area contributed by atoms with Crippen LogP contribution in [-0.4, -0.2) is 42.4 Å². The maximum Gasteiger partial charge on any atom is 0.247 e. The number of allylic oxidation sites excluding steroid dienone is 1. The third kappa shape index (κ3) is 7.53. The molecule has 0 fully saturated rings. The van der Waals surface area contributed by atoms with Gasteiger partial charge in [-0.15, -0.1) is 0 Å². The molecule has 0 unspecified atom stereocenters. The Morgan fingerprint density at radius 2 is 2.20 bits per heavy atom. The predicted molar refractivity (Wildman–Crippen MR) is 120 cm³/mol. The summed E-state index contributed by atoms with van der Waals surface area (Å²) in [7, 11) is 1.62. The molecular formula is C20H24ClN7O2. The quantitative estimate of drug-likeness (QED) is 0.199. The minimum atomic E-state index is -0.276. The van der Waals surface area contributed by atoms with E-state index in [4.69, 9.17) is 21.7 Å². The lowest BCUT2D eigenvalue weighted by atomic mass is 10.2. The molecule has 158 valence electrons. The van der Waals surface area contributed by atoms with Crippen LogP contribution in [-0.2, 0) is 16.1 Å². The third-order valence-electron chi connectivity index (χ3n) is 3.70. The topological polar surface area (TPSA) is 124 Å². The van der Waals surface area contributed by atoms with Crippen LogP contribution >= 0.6 is 11.6 Å². The van der Waals surface area contributed by atoms with Crippen molar-refractivity contribution >= 4 is 41.2 Å². The summed E-state index contributed by atoms with van der Waals surface area (Å²) in [6, 6.07) is 7.37.